The lowest BCUT2D eigenvalue weighted by molar-refractivity contribution is -0.115. The summed E-state index contributed by atoms with van der Waals surface area (Å²) in [5, 5.41) is 11.2. The van der Waals surface area contributed by atoms with E-state index in [9.17, 15) is 9.18 Å². The number of rotatable bonds is 3. The van der Waals surface area contributed by atoms with Gasteiger partial charge in [-0.05, 0) is 29.8 Å². The predicted octanol–water partition coefficient (Wildman–Crippen LogP) is 2.27. The van der Waals surface area contributed by atoms with Gasteiger partial charge >= 0.3 is 0 Å². The fraction of sp³-hybridized carbons (Fsp3) is 0.0714. The number of benzene rings is 1. The lowest BCUT2D eigenvalue weighted by atomic mass is 10.1. The van der Waals surface area contributed by atoms with E-state index in [4.69, 9.17) is 5.26 Å². The van der Waals surface area contributed by atoms with Crippen molar-refractivity contribution in [1.29, 1.82) is 5.26 Å². The fourth-order valence-electron chi connectivity index (χ4n) is 1.55. The number of nitriles is 1. The summed E-state index contributed by atoms with van der Waals surface area (Å²) in [6.45, 7) is 0. The van der Waals surface area contributed by atoms with Crippen LogP contribution in [0.3, 0.4) is 0 Å². The summed E-state index contributed by atoms with van der Waals surface area (Å²) in [5.41, 5.74) is 1.01. The fourth-order valence-corrected chi connectivity index (χ4v) is 1.55. The molecule has 0 atom stereocenters. The molecule has 0 fully saturated rings. The molecule has 2 rings (SSSR count). The van der Waals surface area contributed by atoms with Crippen LogP contribution in [0.1, 0.15) is 11.1 Å². The van der Waals surface area contributed by atoms with Crippen LogP contribution in [0.15, 0.2) is 42.6 Å². The Morgan fingerprint density at radius 1 is 1.37 bits per heavy atom. The molecule has 94 valence electrons. The zero-order valence-electron chi connectivity index (χ0n) is 9.93. The minimum atomic E-state index is -0.373. The third-order valence-electron chi connectivity index (χ3n) is 2.41. The van der Waals surface area contributed by atoms with Crippen LogP contribution in [0.2, 0.25) is 0 Å². The van der Waals surface area contributed by atoms with Gasteiger partial charge in [0.1, 0.15) is 17.7 Å². The van der Waals surface area contributed by atoms with Gasteiger partial charge in [0.2, 0.25) is 5.91 Å². The van der Waals surface area contributed by atoms with E-state index in [1.807, 2.05) is 6.07 Å². The first kappa shape index (κ1) is 12.7. The Bertz CT molecular complexity index is 632. The van der Waals surface area contributed by atoms with Gasteiger partial charge in [-0.3, -0.25) is 4.79 Å². The van der Waals surface area contributed by atoms with Gasteiger partial charge < -0.3 is 5.32 Å². The van der Waals surface area contributed by atoms with E-state index in [0.29, 0.717) is 16.9 Å². The SMILES string of the molecule is N#Cc1ccc(NC(=O)Cc2cccc(F)c2)nc1. The largest absolute Gasteiger partial charge is 0.310 e. The van der Waals surface area contributed by atoms with Crippen LogP contribution in [0.4, 0.5) is 10.2 Å². The highest BCUT2D eigenvalue weighted by atomic mass is 19.1. The van der Waals surface area contributed by atoms with Gasteiger partial charge in [-0.15, -0.1) is 0 Å². The summed E-state index contributed by atoms with van der Waals surface area (Å²) in [5.74, 6) is -0.301. The van der Waals surface area contributed by atoms with Crippen molar-refractivity contribution in [1.82, 2.24) is 4.98 Å². The number of anilines is 1. The van der Waals surface area contributed by atoms with Crippen molar-refractivity contribution in [2.75, 3.05) is 5.32 Å². The maximum absolute atomic E-state index is 13.0. The highest BCUT2D eigenvalue weighted by Crippen LogP contribution is 2.07. The Kier molecular flexibility index (Phi) is 3.84. The quantitative estimate of drug-likeness (QED) is 0.914. The monoisotopic (exact) mass is 255 g/mol. The second kappa shape index (κ2) is 5.74. The number of halogens is 1. The molecule has 0 saturated carbocycles. The molecule has 1 N–H and O–H groups in total. The van der Waals surface area contributed by atoms with Crippen molar-refractivity contribution in [3.05, 3.63) is 59.5 Å². The zero-order chi connectivity index (χ0) is 13.7. The highest BCUT2D eigenvalue weighted by Gasteiger charge is 2.05. The highest BCUT2D eigenvalue weighted by molar-refractivity contribution is 5.91. The van der Waals surface area contributed by atoms with Crippen molar-refractivity contribution >= 4 is 11.7 Å². The number of carbonyl (C=O) groups is 1. The molecule has 0 bridgehead atoms. The summed E-state index contributed by atoms with van der Waals surface area (Å²) in [7, 11) is 0. The van der Waals surface area contributed by atoms with E-state index in [1.54, 1.807) is 24.3 Å². The molecule has 0 unspecified atom stereocenters. The van der Waals surface area contributed by atoms with Crippen molar-refractivity contribution in [2.24, 2.45) is 0 Å². The molecule has 0 spiro atoms. The second-order valence-corrected chi connectivity index (χ2v) is 3.90. The molecule has 2 aromatic rings. The maximum Gasteiger partial charge on any atom is 0.229 e. The predicted molar refractivity (Wildman–Crippen MR) is 67.7 cm³/mol. The van der Waals surface area contributed by atoms with E-state index < -0.39 is 0 Å². The summed E-state index contributed by atoms with van der Waals surface area (Å²) in [4.78, 5) is 15.6. The third-order valence-corrected chi connectivity index (χ3v) is 2.41. The van der Waals surface area contributed by atoms with Crippen molar-refractivity contribution in [3.63, 3.8) is 0 Å². The average Bonchev–Trinajstić information content (AvgIpc) is 2.39. The second-order valence-electron chi connectivity index (χ2n) is 3.90. The van der Waals surface area contributed by atoms with E-state index >= 15 is 0 Å². The summed E-state index contributed by atoms with van der Waals surface area (Å²) in [6, 6.07) is 10.9. The Morgan fingerprint density at radius 2 is 2.21 bits per heavy atom. The Hall–Kier alpha value is -2.74. The van der Waals surface area contributed by atoms with E-state index in [2.05, 4.69) is 10.3 Å². The van der Waals surface area contributed by atoms with Crippen molar-refractivity contribution in [2.45, 2.75) is 6.42 Å². The molecule has 0 aliphatic carbocycles. The van der Waals surface area contributed by atoms with Crippen LogP contribution in [0, 0.1) is 17.1 Å². The molecule has 0 aliphatic rings. The number of amides is 1. The van der Waals surface area contributed by atoms with Crippen LogP contribution in [0.25, 0.3) is 0 Å². The van der Waals surface area contributed by atoms with Crippen molar-refractivity contribution < 1.29 is 9.18 Å². The van der Waals surface area contributed by atoms with Crippen LogP contribution < -0.4 is 5.32 Å². The molecule has 1 aromatic carbocycles. The van der Waals surface area contributed by atoms with Gasteiger partial charge in [0.15, 0.2) is 0 Å². The number of hydrogen-bond acceptors (Lipinski definition) is 3. The van der Waals surface area contributed by atoms with Crippen LogP contribution in [-0.2, 0) is 11.2 Å². The van der Waals surface area contributed by atoms with Crippen molar-refractivity contribution in [3.8, 4) is 6.07 Å². The maximum atomic E-state index is 13.0. The third kappa shape index (κ3) is 3.61. The standard InChI is InChI=1S/C14H10FN3O/c15-12-3-1-2-10(6-12)7-14(19)18-13-5-4-11(8-16)9-17-13/h1-6,9H,7H2,(H,17,18,19). The number of aromatic nitrogens is 1. The number of hydrogen-bond donors (Lipinski definition) is 1. The van der Waals surface area contributed by atoms with E-state index in [0.717, 1.165) is 0 Å². The lowest BCUT2D eigenvalue weighted by Crippen LogP contribution is -2.15. The number of carbonyl (C=O) groups excluding carboxylic acids is 1. The van der Waals surface area contributed by atoms with Gasteiger partial charge in [0.25, 0.3) is 0 Å². The first-order chi connectivity index (χ1) is 9.17. The summed E-state index contributed by atoms with van der Waals surface area (Å²) < 4.78 is 13.0. The molecular weight excluding hydrogens is 245 g/mol. The van der Waals surface area contributed by atoms with Crippen LogP contribution >= 0.6 is 0 Å². The first-order valence-corrected chi connectivity index (χ1v) is 5.58. The minimum Gasteiger partial charge on any atom is -0.310 e. The zero-order valence-corrected chi connectivity index (χ0v) is 9.93. The van der Waals surface area contributed by atoms with Crippen LogP contribution in [-0.4, -0.2) is 10.9 Å². The number of nitrogens with zero attached hydrogens (tertiary/aromatic N) is 2. The van der Waals surface area contributed by atoms with Crippen LogP contribution in [0.5, 0.6) is 0 Å². The van der Waals surface area contributed by atoms with Gasteiger partial charge in [0, 0.05) is 6.20 Å². The topological polar surface area (TPSA) is 65.8 Å². The van der Waals surface area contributed by atoms with Gasteiger partial charge in [-0.2, -0.15) is 5.26 Å². The molecule has 1 aromatic heterocycles. The normalized spacial score (nSPS) is 9.68. The summed E-state index contributed by atoms with van der Waals surface area (Å²) in [6.07, 6.45) is 1.44. The molecule has 4 nitrogen and oxygen atoms in total. The van der Waals surface area contributed by atoms with E-state index in [-0.39, 0.29) is 18.1 Å². The Balaban J connectivity index is 1.99. The number of nitrogens with one attached hydrogen (secondary N) is 1. The molecule has 5 heteroatoms. The average molecular weight is 255 g/mol. The van der Waals surface area contributed by atoms with Gasteiger partial charge in [-0.1, -0.05) is 12.1 Å². The van der Waals surface area contributed by atoms with Gasteiger partial charge in [-0.25, -0.2) is 9.37 Å². The van der Waals surface area contributed by atoms with Gasteiger partial charge in [0.05, 0.1) is 12.0 Å². The molecule has 0 aliphatic heterocycles. The molecule has 19 heavy (non-hydrogen) atoms. The molecular formula is C14H10FN3O. The minimum absolute atomic E-state index is 0.0689. The Morgan fingerprint density at radius 3 is 2.84 bits per heavy atom. The smallest absolute Gasteiger partial charge is 0.229 e. The Labute approximate surface area is 109 Å². The molecule has 1 amide bonds. The molecule has 0 radical (unpaired) electrons. The number of pyridine rings is 1. The molecule has 1 heterocycles. The van der Waals surface area contributed by atoms with E-state index in [1.165, 1.54) is 18.3 Å². The molecule has 0 saturated heterocycles. The lowest BCUT2D eigenvalue weighted by Gasteiger charge is -2.04. The first-order valence-electron chi connectivity index (χ1n) is 5.58. The summed E-state index contributed by atoms with van der Waals surface area (Å²) >= 11 is 0.